The van der Waals surface area contributed by atoms with Crippen LogP contribution in [-0.2, 0) is 4.74 Å². The standard InChI is InChI=1S/C11H14N4O4/c12-11(14-16)7-1-2-10(15(17)18)9(5-7)13-6-8-3-4-19-8/h1-2,5,8,13,16H,3-4,6H2,(H2,12,14)/t8-/m0/s1. The first-order chi connectivity index (χ1) is 9.11. The number of nitrogens with one attached hydrogen (secondary N) is 3. The van der Waals surface area contributed by atoms with E-state index in [1.165, 1.54) is 18.2 Å². The van der Waals surface area contributed by atoms with E-state index in [4.69, 9.17) is 15.4 Å². The number of hydrogen-bond donors (Lipinski definition) is 4. The summed E-state index contributed by atoms with van der Waals surface area (Å²) in [5, 5.41) is 30.0. The summed E-state index contributed by atoms with van der Waals surface area (Å²) in [5.74, 6) is -0.224. The SMILES string of the molecule is N=C(NO)c1ccc([N+](=O)[O-])c(NC[C@@H]2CCO2)c1. The van der Waals surface area contributed by atoms with Crippen molar-refractivity contribution in [2.45, 2.75) is 12.5 Å². The van der Waals surface area contributed by atoms with Gasteiger partial charge < -0.3 is 10.1 Å². The molecule has 1 aliphatic heterocycles. The molecule has 1 aliphatic rings. The zero-order chi connectivity index (χ0) is 13.8. The van der Waals surface area contributed by atoms with Crippen LogP contribution in [0.4, 0.5) is 11.4 Å². The number of benzene rings is 1. The van der Waals surface area contributed by atoms with Crippen LogP contribution in [0.2, 0.25) is 0 Å². The molecule has 0 unspecified atom stereocenters. The first-order valence-electron chi connectivity index (χ1n) is 5.74. The van der Waals surface area contributed by atoms with Crippen molar-refractivity contribution in [2.75, 3.05) is 18.5 Å². The summed E-state index contributed by atoms with van der Waals surface area (Å²) in [7, 11) is 0. The number of hydrogen-bond acceptors (Lipinski definition) is 6. The van der Waals surface area contributed by atoms with E-state index in [1.807, 2.05) is 0 Å². The maximum absolute atomic E-state index is 10.9. The van der Waals surface area contributed by atoms with E-state index in [9.17, 15) is 10.1 Å². The van der Waals surface area contributed by atoms with E-state index in [2.05, 4.69) is 5.32 Å². The van der Waals surface area contributed by atoms with Crippen LogP contribution in [0.1, 0.15) is 12.0 Å². The Bertz CT molecular complexity index is 501. The second kappa shape index (κ2) is 5.63. The molecule has 0 aliphatic carbocycles. The monoisotopic (exact) mass is 266 g/mol. The summed E-state index contributed by atoms with van der Waals surface area (Å²) in [6.07, 6.45) is 0.993. The minimum Gasteiger partial charge on any atom is -0.377 e. The fourth-order valence-electron chi connectivity index (χ4n) is 1.73. The average molecular weight is 266 g/mol. The van der Waals surface area contributed by atoms with Crippen molar-refractivity contribution in [1.82, 2.24) is 5.48 Å². The Balaban J connectivity index is 2.19. The first-order valence-corrected chi connectivity index (χ1v) is 5.74. The number of nitro groups is 1. The second-order valence-electron chi connectivity index (χ2n) is 4.14. The van der Waals surface area contributed by atoms with E-state index in [-0.39, 0.29) is 17.6 Å². The maximum atomic E-state index is 10.9. The van der Waals surface area contributed by atoms with Gasteiger partial charge in [-0.05, 0) is 18.6 Å². The molecule has 1 heterocycles. The van der Waals surface area contributed by atoms with E-state index in [0.29, 0.717) is 24.4 Å². The van der Waals surface area contributed by atoms with Crippen LogP contribution in [0.3, 0.4) is 0 Å². The molecule has 0 spiro atoms. The molecule has 102 valence electrons. The molecule has 8 heteroatoms. The van der Waals surface area contributed by atoms with Crippen molar-refractivity contribution < 1.29 is 14.9 Å². The number of nitrogens with zero attached hydrogens (tertiary/aromatic N) is 1. The third-order valence-corrected chi connectivity index (χ3v) is 2.91. The molecule has 4 N–H and O–H groups in total. The summed E-state index contributed by atoms with van der Waals surface area (Å²) in [6, 6.07) is 4.14. The van der Waals surface area contributed by atoms with E-state index in [1.54, 1.807) is 5.48 Å². The summed E-state index contributed by atoms with van der Waals surface area (Å²) in [4.78, 5) is 10.4. The molecule has 8 nitrogen and oxygen atoms in total. The molecule has 1 saturated heterocycles. The topological polar surface area (TPSA) is 121 Å². The highest BCUT2D eigenvalue weighted by Crippen LogP contribution is 2.26. The smallest absolute Gasteiger partial charge is 0.292 e. The maximum Gasteiger partial charge on any atom is 0.292 e. The molecule has 0 radical (unpaired) electrons. The van der Waals surface area contributed by atoms with Crippen molar-refractivity contribution in [3.05, 3.63) is 33.9 Å². The van der Waals surface area contributed by atoms with Gasteiger partial charge in [0, 0.05) is 24.8 Å². The summed E-state index contributed by atoms with van der Waals surface area (Å²) in [5.41, 5.74) is 2.29. The number of nitro benzene ring substituents is 1. The van der Waals surface area contributed by atoms with Crippen LogP contribution in [0.5, 0.6) is 0 Å². The van der Waals surface area contributed by atoms with Crippen LogP contribution in [0, 0.1) is 15.5 Å². The lowest BCUT2D eigenvalue weighted by molar-refractivity contribution is -0.384. The number of hydroxylamine groups is 1. The number of amidine groups is 1. The zero-order valence-electron chi connectivity index (χ0n) is 10.0. The van der Waals surface area contributed by atoms with Gasteiger partial charge >= 0.3 is 0 Å². The average Bonchev–Trinajstić information content (AvgIpc) is 2.35. The summed E-state index contributed by atoms with van der Waals surface area (Å²) in [6.45, 7) is 1.19. The largest absolute Gasteiger partial charge is 0.377 e. The fraction of sp³-hybridized carbons (Fsp3) is 0.364. The van der Waals surface area contributed by atoms with Gasteiger partial charge in [-0.1, -0.05) is 0 Å². The molecule has 1 fully saturated rings. The molecule has 19 heavy (non-hydrogen) atoms. The van der Waals surface area contributed by atoms with E-state index >= 15 is 0 Å². The third kappa shape index (κ3) is 2.98. The molecular weight excluding hydrogens is 252 g/mol. The highest BCUT2D eigenvalue weighted by molar-refractivity contribution is 5.97. The highest BCUT2D eigenvalue weighted by atomic mass is 16.6. The van der Waals surface area contributed by atoms with Crippen molar-refractivity contribution in [3.63, 3.8) is 0 Å². The Labute approximate surface area is 109 Å². The summed E-state index contributed by atoms with van der Waals surface area (Å²) >= 11 is 0. The molecule has 0 amide bonds. The van der Waals surface area contributed by atoms with Crippen LogP contribution >= 0.6 is 0 Å². The third-order valence-electron chi connectivity index (χ3n) is 2.91. The van der Waals surface area contributed by atoms with Gasteiger partial charge in [0.15, 0.2) is 0 Å². The Kier molecular flexibility index (Phi) is 3.93. The fourth-order valence-corrected chi connectivity index (χ4v) is 1.73. The zero-order valence-corrected chi connectivity index (χ0v) is 10.0. The lowest BCUT2D eigenvalue weighted by Crippen LogP contribution is -2.33. The van der Waals surface area contributed by atoms with Gasteiger partial charge in [-0.2, -0.15) is 0 Å². The Morgan fingerprint density at radius 1 is 1.63 bits per heavy atom. The van der Waals surface area contributed by atoms with Gasteiger partial charge in [-0.25, -0.2) is 0 Å². The molecule has 0 bridgehead atoms. The molecule has 2 rings (SSSR count). The molecule has 1 aromatic carbocycles. The molecular formula is C11H14N4O4. The quantitative estimate of drug-likeness (QED) is 0.274. The Morgan fingerprint density at radius 2 is 2.37 bits per heavy atom. The highest BCUT2D eigenvalue weighted by Gasteiger charge is 2.20. The molecule has 1 atom stereocenters. The van der Waals surface area contributed by atoms with Crippen LogP contribution in [0.15, 0.2) is 18.2 Å². The van der Waals surface area contributed by atoms with Crippen LogP contribution in [0.25, 0.3) is 0 Å². The molecule has 0 aromatic heterocycles. The van der Waals surface area contributed by atoms with E-state index < -0.39 is 4.92 Å². The van der Waals surface area contributed by atoms with Gasteiger partial charge in [0.2, 0.25) is 0 Å². The van der Waals surface area contributed by atoms with Crippen molar-refractivity contribution >= 4 is 17.2 Å². The second-order valence-corrected chi connectivity index (χ2v) is 4.14. The molecule has 0 saturated carbocycles. The Morgan fingerprint density at radius 3 is 2.89 bits per heavy atom. The lowest BCUT2D eigenvalue weighted by Gasteiger charge is -2.26. The summed E-state index contributed by atoms with van der Waals surface area (Å²) < 4.78 is 5.22. The van der Waals surface area contributed by atoms with Crippen molar-refractivity contribution in [3.8, 4) is 0 Å². The predicted octanol–water partition coefficient (Wildman–Crippen LogP) is 1.10. The number of rotatable bonds is 5. The van der Waals surface area contributed by atoms with Crippen molar-refractivity contribution in [2.24, 2.45) is 0 Å². The minimum atomic E-state index is -0.496. The van der Waals surface area contributed by atoms with Gasteiger partial charge in [0.1, 0.15) is 11.5 Å². The lowest BCUT2D eigenvalue weighted by atomic mass is 10.1. The van der Waals surface area contributed by atoms with E-state index in [0.717, 1.165) is 6.42 Å². The Hall–Kier alpha value is -2.19. The van der Waals surface area contributed by atoms with Crippen LogP contribution in [-0.4, -0.2) is 35.2 Å². The first kappa shape index (κ1) is 13.2. The number of ether oxygens (including phenoxy) is 1. The van der Waals surface area contributed by atoms with Gasteiger partial charge in [0.25, 0.3) is 5.69 Å². The predicted molar refractivity (Wildman–Crippen MR) is 67.7 cm³/mol. The van der Waals surface area contributed by atoms with Gasteiger partial charge in [-0.15, -0.1) is 0 Å². The van der Waals surface area contributed by atoms with Gasteiger partial charge in [-0.3, -0.25) is 26.2 Å². The number of anilines is 1. The molecule has 1 aromatic rings. The van der Waals surface area contributed by atoms with Crippen LogP contribution < -0.4 is 10.8 Å². The van der Waals surface area contributed by atoms with Gasteiger partial charge in [0.05, 0.1) is 11.0 Å². The minimum absolute atomic E-state index is 0.0682. The van der Waals surface area contributed by atoms with Crippen molar-refractivity contribution in [1.29, 1.82) is 5.41 Å². The normalized spacial score (nSPS) is 17.4.